The first kappa shape index (κ1) is 16.3. The average Bonchev–Trinajstić information content (AvgIpc) is 2.64. The molecule has 0 spiro atoms. The van der Waals surface area contributed by atoms with E-state index in [-0.39, 0.29) is 5.56 Å². The molecule has 2 aromatic carbocycles. The molecule has 5 heteroatoms. The highest BCUT2D eigenvalue weighted by molar-refractivity contribution is 6.32. The Morgan fingerprint density at radius 2 is 1.68 bits per heavy atom. The summed E-state index contributed by atoms with van der Waals surface area (Å²) in [5.74, 6) is 0.749. The van der Waals surface area contributed by atoms with E-state index < -0.39 is 0 Å². The number of benzene rings is 2. The lowest BCUT2D eigenvalue weighted by Crippen LogP contribution is -2.33. The number of aromatic nitrogens is 2. The number of piperidine rings is 1. The molecule has 1 fully saturated rings. The Kier molecular flexibility index (Phi) is 4.55. The Morgan fingerprint density at radius 1 is 0.960 bits per heavy atom. The summed E-state index contributed by atoms with van der Waals surface area (Å²) < 4.78 is 1.68. The summed E-state index contributed by atoms with van der Waals surface area (Å²) in [4.78, 5) is 20.4. The van der Waals surface area contributed by atoms with Gasteiger partial charge in [0.25, 0.3) is 5.56 Å². The minimum absolute atomic E-state index is 0.0642. The Labute approximate surface area is 151 Å². The van der Waals surface area contributed by atoms with Crippen molar-refractivity contribution in [3.05, 3.63) is 69.7 Å². The second kappa shape index (κ2) is 6.98. The van der Waals surface area contributed by atoms with Crippen LogP contribution in [0.3, 0.4) is 0 Å². The number of fused-ring (bicyclic) bond motifs is 1. The molecule has 0 radical (unpaired) electrons. The molecule has 1 aliphatic heterocycles. The van der Waals surface area contributed by atoms with E-state index in [0.29, 0.717) is 22.6 Å². The molecule has 4 nitrogen and oxygen atoms in total. The largest absolute Gasteiger partial charge is 0.296 e. The van der Waals surface area contributed by atoms with E-state index in [2.05, 4.69) is 4.90 Å². The third-order valence-corrected chi connectivity index (χ3v) is 5.07. The van der Waals surface area contributed by atoms with Crippen LogP contribution in [0.4, 0.5) is 0 Å². The molecule has 2 heterocycles. The fourth-order valence-corrected chi connectivity index (χ4v) is 3.70. The quantitative estimate of drug-likeness (QED) is 0.713. The molecule has 0 aliphatic carbocycles. The van der Waals surface area contributed by atoms with Crippen LogP contribution >= 0.6 is 11.6 Å². The second-order valence-corrected chi connectivity index (χ2v) is 6.88. The first-order valence-electron chi connectivity index (χ1n) is 8.72. The molecule has 25 heavy (non-hydrogen) atoms. The third kappa shape index (κ3) is 3.20. The molecule has 0 atom stereocenters. The number of hydrogen-bond donors (Lipinski definition) is 0. The highest BCUT2D eigenvalue weighted by Crippen LogP contribution is 2.22. The van der Waals surface area contributed by atoms with Crippen LogP contribution in [0.1, 0.15) is 25.1 Å². The predicted molar refractivity (Wildman–Crippen MR) is 101 cm³/mol. The minimum Gasteiger partial charge on any atom is -0.296 e. The van der Waals surface area contributed by atoms with Crippen LogP contribution in [0.15, 0.2) is 53.3 Å². The molecule has 0 saturated carbocycles. The maximum Gasteiger partial charge on any atom is 0.266 e. The van der Waals surface area contributed by atoms with E-state index in [1.807, 2.05) is 48.5 Å². The van der Waals surface area contributed by atoms with Crippen LogP contribution in [-0.4, -0.2) is 27.5 Å². The summed E-state index contributed by atoms with van der Waals surface area (Å²) in [7, 11) is 0. The van der Waals surface area contributed by atoms with Crippen LogP contribution in [0, 0.1) is 0 Å². The molecule has 0 bridgehead atoms. The topological polar surface area (TPSA) is 38.1 Å². The van der Waals surface area contributed by atoms with Crippen molar-refractivity contribution in [3.8, 4) is 5.69 Å². The van der Waals surface area contributed by atoms with Gasteiger partial charge in [-0.1, -0.05) is 42.3 Å². The Balaban J connectivity index is 1.91. The Hall–Kier alpha value is -2.17. The van der Waals surface area contributed by atoms with Gasteiger partial charge in [0.05, 0.1) is 28.2 Å². The van der Waals surface area contributed by atoms with Gasteiger partial charge in [-0.05, 0) is 50.2 Å². The molecule has 0 N–H and O–H groups in total. The van der Waals surface area contributed by atoms with Crippen molar-refractivity contribution in [2.45, 2.75) is 25.8 Å². The molecular formula is C20H20ClN3O. The molecule has 1 saturated heterocycles. The van der Waals surface area contributed by atoms with Gasteiger partial charge in [0.15, 0.2) is 0 Å². The van der Waals surface area contributed by atoms with E-state index in [1.54, 1.807) is 4.57 Å². The SMILES string of the molecule is O=c1c2ccccc2nc(CN2CCCCC2)n1-c1ccccc1Cl. The number of rotatable bonds is 3. The summed E-state index contributed by atoms with van der Waals surface area (Å²) in [6.45, 7) is 2.75. The van der Waals surface area contributed by atoms with E-state index in [4.69, 9.17) is 16.6 Å². The maximum absolute atomic E-state index is 13.2. The van der Waals surface area contributed by atoms with Gasteiger partial charge in [0.1, 0.15) is 5.82 Å². The summed E-state index contributed by atoms with van der Waals surface area (Å²) in [5.41, 5.74) is 1.37. The normalized spacial score (nSPS) is 15.6. The fraction of sp³-hybridized carbons (Fsp3) is 0.300. The number of likely N-dealkylation sites (tertiary alicyclic amines) is 1. The van der Waals surface area contributed by atoms with Crippen molar-refractivity contribution in [2.24, 2.45) is 0 Å². The number of nitrogens with zero attached hydrogens (tertiary/aromatic N) is 3. The van der Waals surface area contributed by atoms with Crippen molar-refractivity contribution in [3.63, 3.8) is 0 Å². The number of halogens is 1. The first-order valence-corrected chi connectivity index (χ1v) is 9.10. The molecule has 0 unspecified atom stereocenters. The van der Waals surface area contributed by atoms with E-state index in [1.165, 1.54) is 19.3 Å². The van der Waals surface area contributed by atoms with Crippen molar-refractivity contribution in [2.75, 3.05) is 13.1 Å². The van der Waals surface area contributed by atoms with E-state index in [9.17, 15) is 4.79 Å². The molecule has 3 aromatic rings. The van der Waals surface area contributed by atoms with Gasteiger partial charge < -0.3 is 0 Å². The van der Waals surface area contributed by atoms with E-state index in [0.717, 1.165) is 24.4 Å². The van der Waals surface area contributed by atoms with Crippen molar-refractivity contribution in [1.29, 1.82) is 0 Å². The Bertz CT molecular complexity index is 961. The third-order valence-electron chi connectivity index (χ3n) is 4.75. The maximum atomic E-state index is 13.2. The zero-order valence-electron chi connectivity index (χ0n) is 14.0. The molecule has 1 aliphatic rings. The second-order valence-electron chi connectivity index (χ2n) is 6.47. The number of hydrogen-bond acceptors (Lipinski definition) is 3. The first-order chi connectivity index (χ1) is 12.2. The monoisotopic (exact) mass is 353 g/mol. The average molecular weight is 354 g/mol. The van der Waals surface area contributed by atoms with Crippen LogP contribution in [0.25, 0.3) is 16.6 Å². The molecule has 128 valence electrons. The van der Waals surface area contributed by atoms with E-state index >= 15 is 0 Å². The van der Waals surface area contributed by atoms with Crippen molar-refractivity contribution >= 4 is 22.5 Å². The molecule has 0 amide bonds. The van der Waals surface area contributed by atoms with Gasteiger partial charge in [-0.15, -0.1) is 0 Å². The van der Waals surface area contributed by atoms with Gasteiger partial charge in [-0.25, -0.2) is 4.98 Å². The van der Waals surface area contributed by atoms with Crippen LogP contribution < -0.4 is 5.56 Å². The molecular weight excluding hydrogens is 334 g/mol. The molecule has 1 aromatic heterocycles. The van der Waals surface area contributed by atoms with Crippen molar-refractivity contribution in [1.82, 2.24) is 14.5 Å². The fourth-order valence-electron chi connectivity index (χ4n) is 3.48. The van der Waals surface area contributed by atoms with Gasteiger partial charge >= 0.3 is 0 Å². The lowest BCUT2D eigenvalue weighted by molar-refractivity contribution is 0.214. The summed E-state index contributed by atoms with van der Waals surface area (Å²) in [6.07, 6.45) is 3.67. The van der Waals surface area contributed by atoms with Gasteiger partial charge in [-0.2, -0.15) is 0 Å². The lowest BCUT2D eigenvalue weighted by atomic mass is 10.1. The lowest BCUT2D eigenvalue weighted by Gasteiger charge is -2.27. The predicted octanol–water partition coefficient (Wildman–Crippen LogP) is 4.03. The smallest absolute Gasteiger partial charge is 0.266 e. The highest BCUT2D eigenvalue weighted by atomic mass is 35.5. The zero-order chi connectivity index (χ0) is 17.2. The summed E-state index contributed by atoms with van der Waals surface area (Å²) >= 11 is 6.40. The standard InChI is InChI=1S/C20H20ClN3O/c21-16-9-3-5-11-18(16)24-19(14-23-12-6-1-7-13-23)22-17-10-4-2-8-15(17)20(24)25/h2-5,8-11H,1,6-7,12-14H2. The highest BCUT2D eigenvalue weighted by Gasteiger charge is 2.18. The van der Waals surface area contributed by atoms with Gasteiger partial charge in [0, 0.05) is 0 Å². The summed E-state index contributed by atoms with van der Waals surface area (Å²) in [5, 5.41) is 1.17. The van der Waals surface area contributed by atoms with Crippen LogP contribution in [0.5, 0.6) is 0 Å². The zero-order valence-corrected chi connectivity index (χ0v) is 14.7. The van der Waals surface area contributed by atoms with Crippen LogP contribution in [0.2, 0.25) is 5.02 Å². The minimum atomic E-state index is -0.0642. The van der Waals surface area contributed by atoms with Crippen LogP contribution in [-0.2, 0) is 6.54 Å². The van der Waals surface area contributed by atoms with Gasteiger partial charge in [0.2, 0.25) is 0 Å². The van der Waals surface area contributed by atoms with Gasteiger partial charge in [-0.3, -0.25) is 14.3 Å². The summed E-state index contributed by atoms with van der Waals surface area (Å²) in [6, 6.07) is 15.0. The van der Waals surface area contributed by atoms with Crippen molar-refractivity contribution < 1.29 is 0 Å². The number of para-hydroxylation sites is 2. The Morgan fingerprint density at radius 3 is 2.48 bits per heavy atom. The molecule has 4 rings (SSSR count).